The minimum absolute atomic E-state index is 0.0920. The van der Waals surface area contributed by atoms with E-state index in [9.17, 15) is 4.57 Å². The summed E-state index contributed by atoms with van der Waals surface area (Å²) in [7, 11) is -2.50. The molecule has 0 heterocycles. The first-order valence-corrected chi connectivity index (χ1v) is 15.3. The summed E-state index contributed by atoms with van der Waals surface area (Å²) in [5.41, 5.74) is 9.96. The van der Waals surface area contributed by atoms with Crippen molar-refractivity contribution in [3.8, 4) is 17.2 Å². The lowest BCUT2D eigenvalue weighted by Crippen LogP contribution is -2.18. The van der Waals surface area contributed by atoms with Crippen LogP contribution in [-0.4, -0.2) is 17.6 Å². The van der Waals surface area contributed by atoms with Crippen molar-refractivity contribution in [2.45, 2.75) is 18.3 Å². The minimum Gasteiger partial charge on any atom is -0.480 e. The Balaban J connectivity index is 1.87. The smallest absolute Gasteiger partial charge is 0.480 e. The summed E-state index contributed by atoms with van der Waals surface area (Å²) in [5.74, 6) is 0.928. The highest BCUT2D eigenvalue weighted by Gasteiger charge is 2.35. The highest BCUT2D eigenvalue weighted by molar-refractivity contribution is 7.52. The Morgan fingerprint density at radius 1 is 0.600 bits per heavy atom. The van der Waals surface area contributed by atoms with Gasteiger partial charge in [-0.15, -0.1) is 34.8 Å². The Kier molecular flexibility index (Phi) is 11.2. The van der Waals surface area contributed by atoms with E-state index in [4.69, 9.17) is 54.5 Å². The lowest BCUT2D eigenvalue weighted by atomic mass is 10.1. The molecule has 10 heteroatoms. The molecule has 6 nitrogen and oxygen atoms in total. The molecule has 0 aromatic heterocycles. The van der Waals surface area contributed by atoms with E-state index in [0.29, 0.717) is 5.75 Å². The van der Waals surface area contributed by atoms with E-state index < -0.39 is 26.3 Å². The molecule has 4 rings (SSSR count). The lowest BCUT2D eigenvalue weighted by molar-refractivity contribution is 0.166. The molecular formula is C30H27Cl3N2O4P+. The van der Waals surface area contributed by atoms with Gasteiger partial charge in [-0.1, -0.05) is 91.0 Å². The molecule has 4 atom stereocenters. The van der Waals surface area contributed by atoms with Gasteiger partial charge < -0.3 is 14.2 Å². The van der Waals surface area contributed by atoms with Crippen LogP contribution in [0.4, 0.5) is 0 Å². The highest BCUT2D eigenvalue weighted by Crippen LogP contribution is 2.46. The second-order valence-corrected chi connectivity index (χ2v) is 10.8. The molecule has 1 N–H and O–H groups in total. The molecule has 4 aromatic carbocycles. The fourth-order valence-electron chi connectivity index (χ4n) is 4.06. The third-order valence-corrected chi connectivity index (χ3v) is 7.86. The zero-order valence-electron chi connectivity index (χ0n) is 21.3. The van der Waals surface area contributed by atoms with Gasteiger partial charge in [-0.05, 0) is 27.3 Å². The van der Waals surface area contributed by atoms with Gasteiger partial charge in [0.15, 0.2) is 5.75 Å². The van der Waals surface area contributed by atoms with Gasteiger partial charge in [0, 0.05) is 6.07 Å². The molecule has 0 aliphatic heterocycles. The number of rotatable bonds is 14. The summed E-state index contributed by atoms with van der Waals surface area (Å²) in [6.07, 6.45) is -1.76. The molecule has 0 bridgehead atoms. The zero-order chi connectivity index (χ0) is 28.3. The minimum atomic E-state index is -2.50. The number of halogens is 3. The average molecular weight is 617 g/mol. The fraction of sp³-hybridized carbons (Fsp3) is 0.200. The monoisotopic (exact) mass is 615 g/mol. The predicted octanol–water partition coefficient (Wildman–Crippen LogP) is 9.16. The molecule has 4 unspecified atom stereocenters. The maximum absolute atomic E-state index is 13.0. The van der Waals surface area contributed by atoms with E-state index in [-0.39, 0.29) is 34.4 Å². The Morgan fingerprint density at radius 2 is 1.00 bits per heavy atom. The summed E-state index contributed by atoms with van der Waals surface area (Å²) in [4.78, 5) is 3.28. The average Bonchev–Trinajstić information content (AvgIpc) is 3.02. The molecule has 0 radical (unpaired) electrons. The van der Waals surface area contributed by atoms with Crippen molar-refractivity contribution in [1.82, 2.24) is 0 Å². The second-order valence-electron chi connectivity index (χ2n) is 8.63. The van der Waals surface area contributed by atoms with Crippen molar-refractivity contribution in [2.24, 2.45) is 4.88 Å². The van der Waals surface area contributed by atoms with Crippen LogP contribution >= 0.6 is 42.8 Å². The van der Waals surface area contributed by atoms with Crippen molar-refractivity contribution in [2.75, 3.05) is 17.6 Å². The van der Waals surface area contributed by atoms with E-state index in [2.05, 4.69) is 4.88 Å². The fourth-order valence-corrected chi connectivity index (χ4v) is 5.43. The van der Waals surface area contributed by atoms with Crippen molar-refractivity contribution in [3.05, 3.63) is 120 Å². The first-order chi connectivity index (χ1) is 19.6. The van der Waals surface area contributed by atoms with Gasteiger partial charge in [0.2, 0.25) is 11.5 Å². The van der Waals surface area contributed by atoms with Crippen LogP contribution in [-0.2, 0) is 4.57 Å². The van der Waals surface area contributed by atoms with E-state index in [1.807, 2.05) is 91.0 Å². The molecule has 0 saturated carbocycles. The number of nitrogens with one attached hydrogen (secondary N) is 1. The number of nitrogens with zero attached hydrogens (tertiary/aromatic N) is 1. The first-order valence-electron chi connectivity index (χ1n) is 12.4. The molecule has 0 amide bonds. The van der Waals surface area contributed by atoms with Crippen molar-refractivity contribution >= 4 is 48.1 Å². The van der Waals surface area contributed by atoms with Crippen LogP contribution < -0.4 is 19.5 Å². The predicted molar refractivity (Wildman–Crippen MR) is 160 cm³/mol. The van der Waals surface area contributed by atoms with Crippen LogP contribution in [0.3, 0.4) is 0 Å². The molecule has 4 aromatic rings. The van der Waals surface area contributed by atoms with E-state index in [1.54, 1.807) is 12.1 Å². The molecule has 0 spiro atoms. The van der Waals surface area contributed by atoms with Crippen LogP contribution in [0.1, 0.15) is 35.0 Å². The molecule has 0 saturated heterocycles. The molecule has 40 heavy (non-hydrogen) atoms. The summed E-state index contributed by atoms with van der Waals surface area (Å²) >= 11 is 19.1. The Labute approximate surface area is 249 Å². The lowest BCUT2D eigenvalue weighted by Gasteiger charge is -2.26. The van der Waals surface area contributed by atoms with E-state index in [1.165, 1.54) is 0 Å². The molecular weight excluding hydrogens is 590 g/mol. The van der Waals surface area contributed by atoms with Crippen LogP contribution in [0.5, 0.6) is 17.2 Å². The summed E-state index contributed by atoms with van der Waals surface area (Å²) in [5, 5.41) is 0.168. The van der Waals surface area contributed by atoms with Gasteiger partial charge in [-0.3, -0.25) is 0 Å². The maximum Gasteiger partial charge on any atom is 0.548 e. The van der Waals surface area contributed by atoms with Crippen molar-refractivity contribution in [3.63, 3.8) is 0 Å². The van der Waals surface area contributed by atoms with Gasteiger partial charge in [-0.2, -0.15) is 5.53 Å². The van der Waals surface area contributed by atoms with Crippen LogP contribution in [0.2, 0.25) is 0 Å². The summed E-state index contributed by atoms with van der Waals surface area (Å²) in [6, 6.07) is 31.6. The van der Waals surface area contributed by atoms with Crippen LogP contribution in [0.15, 0.2) is 108 Å². The van der Waals surface area contributed by atoms with Gasteiger partial charge in [0.05, 0.1) is 22.5 Å². The number of ether oxygens (including phenoxy) is 3. The van der Waals surface area contributed by atoms with E-state index >= 15 is 0 Å². The topological polar surface area (TPSA) is 81.0 Å². The van der Waals surface area contributed by atoms with Gasteiger partial charge in [0.25, 0.3) is 5.30 Å². The number of hydrogen-bond acceptors (Lipinski definition) is 5. The SMILES string of the molecule is N=N[P+](=O)c1ccc(OC(CCl)c2ccccc2)c(OC(CCl)c2ccccc2)c1OC(CCl)c1ccccc1. The second kappa shape index (κ2) is 15.0. The molecule has 206 valence electrons. The first kappa shape index (κ1) is 29.8. The third kappa shape index (κ3) is 7.32. The Hall–Kier alpha value is -3.15. The normalized spacial score (nSPS) is 13.5. The van der Waals surface area contributed by atoms with Gasteiger partial charge in [0.1, 0.15) is 18.3 Å². The summed E-state index contributed by atoms with van der Waals surface area (Å²) < 4.78 is 32.3. The van der Waals surface area contributed by atoms with E-state index in [0.717, 1.165) is 16.7 Å². The number of alkyl halides is 3. The molecule has 0 fully saturated rings. The van der Waals surface area contributed by atoms with Crippen molar-refractivity contribution in [1.29, 1.82) is 5.53 Å². The largest absolute Gasteiger partial charge is 0.548 e. The summed E-state index contributed by atoms with van der Waals surface area (Å²) in [6.45, 7) is 0. The number of benzene rings is 4. The van der Waals surface area contributed by atoms with Crippen LogP contribution in [0.25, 0.3) is 0 Å². The Morgan fingerprint density at radius 3 is 1.40 bits per heavy atom. The van der Waals surface area contributed by atoms with Gasteiger partial charge in [-0.25, -0.2) is 0 Å². The Bertz CT molecular complexity index is 1400. The maximum atomic E-state index is 13.0. The number of hydrogen-bond donors (Lipinski definition) is 1. The molecule has 0 aliphatic rings. The van der Waals surface area contributed by atoms with Crippen molar-refractivity contribution < 1.29 is 18.8 Å². The molecule has 0 aliphatic carbocycles. The van der Waals surface area contributed by atoms with Crippen LogP contribution in [0, 0.1) is 5.53 Å². The van der Waals surface area contributed by atoms with Gasteiger partial charge >= 0.3 is 7.95 Å². The quantitative estimate of drug-likeness (QED) is 0.0870. The zero-order valence-corrected chi connectivity index (χ0v) is 24.5. The third-order valence-electron chi connectivity index (χ3n) is 6.08. The standard InChI is InChI=1S/C30H27Cl3N2O4P/c31-18-25(21-10-4-1-5-11-21)37-24-16-17-28(40(36)35-34)30(39-27(20-33)23-14-8-3-9-15-23)29(24)38-26(19-32)22-12-6-2-7-13-22/h1-17,25-27,34H,18-20H2/q+1. The highest BCUT2D eigenvalue weighted by atomic mass is 35.5.